The van der Waals surface area contributed by atoms with Gasteiger partial charge < -0.3 is 10.6 Å². The molecule has 2 atom stereocenters. The van der Waals surface area contributed by atoms with E-state index in [2.05, 4.69) is 22.7 Å². The minimum absolute atomic E-state index is 0.0383. The van der Waals surface area contributed by atoms with E-state index in [4.69, 9.17) is 0 Å². The zero-order valence-corrected chi connectivity index (χ0v) is 10.4. The smallest absolute Gasteiger partial charge is 0.269 e. The molecule has 0 saturated carbocycles. The van der Waals surface area contributed by atoms with E-state index in [1.54, 1.807) is 24.0 Å². The molecule has 1 saturated heterocycles. The fraction of sp³-hybridized carbons (Fsp3) is 0.667. The van der Waals surface area contributed by atoms with Crippen molar-refractivity contribution >= 4 is 5.91 Å². The minimum atomic E-state index is -0.0383. The average Bonchev–Trinajstić information content (AvgIpc) is 2.74. The zero-order chi connectivity index (χ0) is 12.3. The molecular formula is C12H20N4O. The van der Waals surface area contributed by atoms with Gasteiger partial charge in [-0.3, -0.25) is 9.48 Å². The van der Waals surface area contributed by atoms with Crippen LogP contribution in [0.25, 0.3) is 0 Å². The van der Waals surface area contributed by atoms with Crippen LogP contribution in [0.4, 0.5) is 0 Å². The van der Waals surface area contributed by atoms with Crippen molar-refractivity contribution in [3.63, 3.8) is 0 Å². The zero-order valence-electron chi connectivity index (χ0n) is 10.4. The van der Waals surface area contributed by atoms with Crippen molar-refractivity contribution in [1.29, 1.82) is 0 Å². The predicted octanol–water partition coefficient (Wildman–Crippen LogP) is 0.538. The highest BCUT2D eigenvalue weighted by atomic mass is 16.2. The van der Waals surface area contributed by atoms with Crippen LogP contribution in [0.2, 0.25) is 0 Å². The summed E-state index contributed by atoms with van der Waals surface area (Å²) in [5, 5.41) is 10.4. The maximum absolute atomic E-state index is 11.8. The van der Waals surface area contributed by atoms with E-state index < -0.39 is 0 Å². The van der Waals surface area contributed by atoms with E-state index in [0.717, 1.165) is 13.1 Å². The van der Waals surface area contributed by atoms with E-state index in [-0.39, 0.29) is 5.91 Å². The molecule has 0 radical (unpaired) electrons. The summed E-state index contributed by atoms with van der Waals surface area (Å²) in [7, 11) is 1.78. The van der Waals surface area contributed by atoms with Gasteiger partial charge in [0, 0.05) is 25.8 Å². The Labute approximate surface area is 102 Å². The fourth-order valence-electron chi connectivity index (χ4n) is 2.16. The lowest BCUT2D eigenvalue weighted by atomic mass is 9.95. The second kappa shape index (κ2) is 5.31. The number of nitrogens with one attached hydrogen (secondary N) is 2. The SMILES string of the molecule is CC1CCC(CNC(=O)c2ccnn2C)CN1. The van der Waals surface area contributed by atoms with Gasteiger partial charge in [0.05, 0.1) is 0 Å². The first kappa shape index (κ1) is 12.1. The van der Waals surface area contributed by atoms with Gasteiger partial charge in [-0.05, 0) is 38.3 Å². The molecule has 5 heteroatoms. The summed E-state index contributed by atoms with van der Waals surface area (Å²) in [5.41, 5.74) is 0.613. The molecule has 94 valence electrons. The highest BCUT2D eigenvalue weighted by Crippen LogP contribution is 2.13. The molecule has 0 aromatic carbocycles. The molecule has 1 amide bonds. The summed E-state index contributed by atoms with van der Waals surface area (Å²) in [5.74, 6) is 0.506. The molecule has 1 aliphatic rings. The van der Waals surface area contributed by atoms with Gasteiger partial charge in [0.1, 0.15) is 5.69 Å². The molecule has 5 nitrogen and oxygen atoms in total. The van der Waals surface area contributed by atoms with Crippen LogP contribution in [0.1, 0.15) is 30.3 Å². The third kappa shape index (κ3) is 3.06. The number of rotatable bonds is 3. The summed E-state index contributed by atoms with van der Waals surface area (Å²) < 4.78 is 1.59. The highest BCUT2D eigenvalue weighted by molar-refractivity contribution is 5.92. The number of carbonyl (C=O) groups excluding carboxylic acids is 1. The number of carbonyl (C=O) groups is 1. The van der Waals surface area contributed by atoms with Crippen molar-refractivity contribution in [3.8, 4) is 0 Å². The predicted molar refractivity (Wildman–Crippen MR) is 65.7 cm³/mol. The monoisotopic (exact) mass is 236 g/mol. The molecule has 1 aromatic rings. The van der Waals surface area contributed by atoms with E-state index in [1.807, 2.05) is 0 Å². The van der Waals surface area contributed by atoms with Crippen LogP contribution < -0.4 is 10.6 Å². The Morgan fingerprint density at radius 3 is 3.06 bits per heavy atom. The van der Waals surface area contributed by atoms with Crippen molar-refractivity contribution in [1.82, 2.24) is 20.4 Å². The van der Waals surface area contributed by atoms with Crippen LogP contribution >= 0.6 is 0 Å². The first-order valence-corrected chi connectivity index (χ1v) is 6.16. The third-order valence-corrected chi connectivity index (χ3v) is 3.37. The summed E-state index contributed by atoms with van der Waals surface area (Å²) in [6.07, 6.45) is 4.00. The van der Waals surface area contributed by atoms with Gasteiger partial charge in [-0.15, -0.1) is 0 Å². The molecule has 0 spiro atoms. The van der Waals surface area contributed by atoms with Crippen LogP contribution in [0.3, 0.4) is 0 Å². The van der Waals surface area contributed by atoms with E-state index in [1.165, 1.54) is 12.8 Å². The minimum Gasteiger partial charge on any atom is -0.350 e. The molecule has 2 rings (SSSR count). The third-order valence-electron chi connectivity index (χ3n) is 3.37. The first-order chi connectivity index (χ1) is 8.16. The lowest BCUT2D eigenvalue weighted by Gasteiger charge is -2.27. The van der Waals surface area contributed by atoms with E-state index in [0.29, 0.717) is 17.7 Å². The molecule has 2 heterocycles. The maximum Gasteiger partial charge on any atom is 0.269 e. The van der Waals surface area contributed by atoms with Crippen LogP contribution in [0.5, 0.6) is 0 Å². The second-order valence-electron chi connectivity index (χ2n) is 4.80. The van der Waals surface area contributed by atoms with Crippen molar-refractivity contribution < 1.29 is 4.79 Å². The van der Waals surface area contributed by atoms with Crippen molar-refractivity contribution in [3.05, 3.63) is 18.0 Å². The molecule has 1 aromatic heterocycles. The first-order valence-electron chi connectivity index (χ1n) is 6.16. The van der Waals surface area contributed by atoms with E-state index >= 15 is 0 Å². The number of hydrogen-bond acceptors (Lipinski definition) is 3. The number of amides is 1. The maximum atomic E-state index is 11.8. The Hall–Kier alpha value is -1.36. The van der Waals surface area contributed by atoms with Gasteiger partial charge in [0.2, 0.25) is 0 Å². The summed E-state index contributed by atoms with van der Waals surface area (Å²) in [6, 6.07) is 2.34. The number of nitrogens with zero attached hydrogens (tertiary/aromatic N) is 2. The Morgan fingerprint density at radius 1 is 1.65 bits per heavy atom. The molecule has 17 heavy (non-hydrogen) atoms. The molecule has 2 unspecified atom stereocenters. The number of piperidine rings is 1. The molecule has 2 N–H and O–H groups in total. The summed E-state index contributed by atoms with van der Waals surface area (Å²) in [6.45, 7) is 3.93. The van der Waals surface area contributed by atoms with Gasteiger partial charge in [0.25, 0.3) is 5.91 Å². The van der Waals surface area contributed by atoms with Gasteiger partial charge in [-0.2, -0.15) is 5.10 Å². The summed E-state index contributed by atoms with van der Waals surface area (Å²) >= 11 is 0. The Bertz CT molecular complexity index is 380. The van der Waals surface area contributed by atoms with Gasteiger partial charge in [-0.1, -0.05) is 0 Å². The van der Waals surface area contributed by atoms with Crippen molar-refractivity contribution in [2.45, 2.75) is 25.8 Å². The fourth-order valence-corrected chi connectivity index (χ4v) is 2.16. The Morgan fingerprint density at radius 2 is 2.47 bits per heavy atom. The number of aryl methyl sites for hydroxylation is 1. The van der Waals surface area contributed by atoms with Crippen molar-refractivity contribution in [2.24, 2.45) is 13.0 Å². The van der Waals surface area contributed by atoms with Crippen molar-refractivity contribution in [2.75, 3.05) is 13.1 Å². The van der Waals surface area contributed by atoms with Crippen LogP contribution in [0.15, 0.2) is 12.3 Å². The number of aromatic nitrogens is 2. The molecule has 0 bridgehead atoms. The largest absolute Gasteiger partial charge is 0.350 e. The molecular weight excluding hydrogens is 216 g/mol. The molecule has 0 aliphatic carbocycles. The van der Waals surface area contributed by atoms with Crippen LogP contribution in [0, 0.1) is 5.92 Å². The molecule has 1 aliphatic heterocycles. The topological polar surface area (TPSA) is 59.0 Å². The number of hydrogen-bond donors (Lipinski definition) is 2. The quantitative estimate of drug-likeness (QED) is 0.805. The Balaban J connectivity index is 1.79. The average molecular weight is 236 g/mol. The standard InChI is InChI=1S/C12H20N4O/c1-9-3-4-10(7-13-9)8-14-12(17)11-5-6-15-16(11)2/h5-6,9-10,13H,3-4,7-8H2,1-2H3,(H,14,17). The van der Waals surface area contributed by atoms with Gasteiger partial charge in [-0.25, -0.2) is 0 Å². The normalized spacial score (nSPS) is 24.6. The Kier molecular flexibility index (Phi) is 3.78. The summed E-state index contributed by atoms with van der Waals surface area (Å²) in [4.78, 5) is 11.8. The van der Waals surface area contributed by atoms with Gasteiger partial charge >= 0.3 is 0 Å². The van der Waals surface area contributed by atoms with Gasteiger partial charge in [0.15, 0.2) is 0 Å². The second-order valence-corrected chi connectivity index (χ2v) is 4.80. The van der Waals surface area contributed by atoms with E-state index in [9.17, 15) is 4.79 Å². The lowest BCUT2D eigenvalue weighted by molar-refractivity contribution is 0.0934. The molecule has 1 fully saturated rings. The lowest BCUT2D eigenvalue weighted by Crippen LogP contribution is -2.42. The van der Waals surface area contributed by atoms with Crippen LogP contribution in [-0.4, -0.2) is 34.8 Å². The highest BCUT2D eigenvalue weighted by Gasteiger charge is 2.18. The van der Waals surface area contributed by atoms with Crippen LogP contribution in [-0.2, 0) is 7.05 Å².